The smallest absolute Gasteiger partial charge is 0.215 e. The van der Waals surface area contributed by atoms with Crippen LogP contribution in [0.5, 0.6) is 5.75 Å². The lowest BCUT2D eigenvalue weighted by Gasteiger charge is -2.27. The highest BCUT2D eigenvalue weighted by Gasteiger charge is 2.23. The van der Waals surface area contributed by atoms with Crippen molar-refractivity contribution in [1.82, 2.24) is 4.72 Å². The van der Waals surface area contributed by atoms with E-state index in [1.54, 1.807) is 12.1 Å². The van der Waals surface area contributed by atoms with E-state index in [0.717, 1.165) is 19.3 Å². The van der Waals surface area contributed by atoms with Crippen LogP contribution < -0.4 is 15.2 Å². The lowest BCUT2D eigenvalue weighted by atomic mass is 9.88. The number of hydrogen-bond donors (Lipinski definition) is 2. The third kappa shape index (κ3) is 5.21. The minimum atomic E-state index is -3.30. The van der Waals surface area contributed by atoms with Gasteiger partial charge in [0.2, 0.25) is 10.0 Å². The molecule has 118 valence electrons. The summed E-state index contributed by atoms with van der Waals surface area (Å²) < 4.78 is 32.3. The van der Waals surface area contributed by atoms with Gasteiger partial charge in [-0.15, -0.1) is 0 Å². The first-order chi connectivity index (χ1) is 9.96. The summed E-state index contributed by atoms with van der Waals surface area (Å²) in [6.07, 6.45) is 4.13. The van der Waals surface area contributed by atoms with Crippen LogP contribution >= 0.6 is 0 Å². The number of rotatable bonds is 6. The molecule has 0 aromatic heterocycles. The fourth-order valence-corrected chi connectivity index (χ4v) is 3.87. The Kier molecular flexibility index (Phi) is 5.47. The first kappa shape index (κ1) is 16.1. The van der Waals surface area contributed by atoms with Gasteiger partial charge in [-0.2, -0.15) is 0 Å². The van der Waals surface area contributed by atoms with Crippen molar-refractivity contribution in [1.29, 1.82) is 0 Å². The molecule has 1 aliphatic rings. The van der Waals surface area contributed by atoms with E-state index in [4.69, 9.17) is 10.5 Å². The summed E-state index contributed by atoms with van der Waals surface area (Å²) in [4.78, 5) is 0. The lowest BCUT2D eigenvalue weighted by molar-refractivity contribution is 0.323. The third-order valence-corrected chi connectivity index (χ3v) is 5.21. The van der Waals surface area contributed by atoms with Crippen LogP contribution in [0.2, 0.25) is 0 Å². The van der Waals surface area contributed by atoms with Crippen LogP contribution in [0.15, 0.2) is 24.3 Å². The largest absolute Gasteiger partial charge is 0.490 e. The fourth-order valence-electron chi connectivity index (χ4n) is 2.73. The number of anilines is 1. The molecule has 0 amide bonds. The molecule has 0 saturated heterocycles. The van der Waals surface area contributed by atoms with Gasteiger partial charge >= 0.3 is 0 Å². The second kappa shape index (κ2) is 7.13. The molecule has 0 aliphatic heterocycles. The molecule has 6 heteroatoms. The maximum absolute atomic E-state index is 12.1. The Hall–Kier alpha value is -1.27. The maximum Gasteiger partial charge on any atom is 0.215 e. The Morgan fingerprint density at radius 3 is 2.81 bits per heavy atom. The van der Waals surface area contributed by atoms with Crippen LogP contribution in [0.4, 0.5) is 5.69 Å². The molecule has 0 radical (unpaired) electrons. The molecule has 2 rings (SSSR count). The highest BCUT2D eigenvalue weighted by molar-refractivity contribution is 7.89. The van der Waals surface area contributed by atoms with Crippen molar-refractivity contribution in [2.24, 2.45) is 5.92 Å². The molecule has 1 fully saturated rings. The van der Waals surface area contributed by atoms with Crippen LogP contribution in [0.1, 0.15) is 32.6 Å². The second-order valence-electron chi connectivity index (χ2n) is 5.79. The SMILES string of the molecule is CC1CCCC(NS(=O)(=O)CCOc2ccccc2N)C1. The molecule has 3 N–H and O–H groups in total. The molecular weight excluding hydrogens is 288 g/mol. The summed E-state index contributed by atoms with van der Waals surface area (Å²) >= 11 is 0. The van der Waals surface area contributed by atoms with E-state index in [9.17, 15) is 8.42 Å². The van der Waals surface area contributed by atoms with E-state index in [1.165, 1.54) is 6.42 Å². The van der Waals surface area contributed by atoms with Crippen molar-refractivity contribution in [3.05, 3.63) is 24.3 Å². The number of ether oxygens (including phenoxy) is 1. The predicted octanol–water partition coefficient (Wildman–Crippen LogP) is 2.15. The number of sulfonamides is 1. The Morgan fingerprint density at radius 2 is 2.10 bits per heavy atom. The molecule has 2 unspecified atom stereocenters. The zero-order valence-corrected chi connectivity index (χ0v) is 13.2. The van der Waals surface area contributed by atoms with Crippen molar-refractivity contribution >= 4 is 15.7 Å². The normalized spacial score (nSPS) is 22.9. The summed E-state index contributed by atoms with van der Waals surface area (Å²) in [7, 11) is -3.30. The summed E-state index contributed by atoms with van der Waals surface area (Å²) in [6.45, 7) is 2.27. The van der Waals surface area contributed by atoms with E-state index >= 15 is 0 Å². The number of hydrogen-bond acceptors (Lipinski definition) is 4. The van der Waals surface area contributed by atoms with E-state index in [2.05, 4.69) is 11.6 Å². The van der Waals surface area contributed by atoms with Crippen molar-refractivity contribution in [2.45, 2.75) is 38.6 Å². The molecule has 0 spiro atoms. The number of para-hydroxylation sites is 2. The zero-order valence-electron chi connectivity index (χ0n) is 12.4. The third-order valence-electron chi connectivity index (χ3n) is 3.81. The lowest BCUT2D eigenvalue weighted by Crippen LogP contribution is -2.40. The molecule has 1 saturated carbocycles. The molecule has 21 heavy (non-hydrogen) atoms. The van der Waals surface area contributed by atoms with Gasteiger partial charge in [0.15, 0.2) is 0 Å². The summed E-state index contributed by atoms with van der Waals surface area (Å²) in [5.74, 6) is 1.07. The van der Waals surface area contributed by atoms with Gasteiger partial charge in [-0.1, -0.05) is 31.9 Å². The highest BCUT2D eigenvalue weighted by atomic mass is 32.2. The number of nitrogen functional groups attached to an aromatic ring is 1. The average molecular weight is 312 g/mol. The summed E-state index contributed by atoms with van der Waals surface area (Å²) in [5, 5.41) is 0. The van der Waals surface area contributed by atoms with Gasteiger partial charge in [-0.25, -0.2) is 13.1 Å². The van der Waals surface area contributed by atoms with Gasteiger partial charge in [0.05, 0.1) is 11.4 Å². The van der Waals surface area contributed by atoms with Crippen molar-refractivity contribution in [3.8, 4) is 5.75 Å². The monoisotopic (exact) mass is 312 g/mol. The fraction of sp³-hybridized carbons (Fsp3) is 0.600. The molecule has 0 bridgehead atoms. The number of nitrogens with one attached hydrogen (secondary N) is 1. The van der Waals surface area contributed by atoms with Crippen molar-refractivity contribution in [2.75, 3.05) is 18.1 Å². The molecule has 1 aromatic rings. The topological polar surface area (TPSA) is 81.4 Å². The van der Waals surface area contributed by atoms with Crippen LogP contribution in [0.3, 0.4) is 0 Å². The number of nitrogens with two attached hydrogens (primary N) is 1. The molecule has 5 nitrogen and oxygen atoms in total. The van der Waals surface area contributed by atoms with Crippen LogP contribution in [-0.2, 0) is 10.0 Å². The Morgan fingerprint density at radius 1 is 1.33 bits per heavy atom. The Balaban J connectivity index is 1.80. The van der Waals surface area contributed by atoms with E-state index in [0.29, 0.717) is 17.4 Å². The minimum absolute atomic E-state index is 0.0494. The molecule has 2 atom stereocenters. The van der Waals surface area contributed by atoms with Gasteiger partial charge in [0.1, 0.15) is 12.4 Å². The number of benzene rings is 1. The summed E-state index contributed by atoms with van der Waals surface area (Å²) in [6, 6.07) is 7.15. The average Bonchev–Trinajstić information content (AvgIpc) is 2.40. The minimum Gasteiger partial charge on any atom is -0.490 e. The standard InChI is InChI=1S/C15H24N2O3S/c1-12-5-4-6-13(11-12)17-21(18,19)10-9-20-15-8-3-2-7-14(15)16/h2-3,7-8,12-13,17H,4-6,9-11,16H2,1H3. The molecular formula is C15H24N2O3S. The van der Waals surface area contributed by atoms with Crippen LogP contribution in [0, 0.1) is 5.92 Å². The highest BCUT2D eigenvalue weighted by Crippen LogP contribution is 2.24. The van der Waals surface area contributed by atoms with Gasteiger partial charge in [0.25, 0.3) is 0 Å². The van der Waals surface area contributed by atoms with E-state index in [-0.39, 0.29) is 18.4 Å². The van der Waals surface area contributed by atoms with Crippen LogP contribution in [0.25, 0.3) is 0 Å². The first-order valence-electron chi connectivity index (χ1n) is 7.43. The van der Waals surface area contributed by atoms with Crippen molar-refractivity contribution in [3.63, 3.8) is 0 Å². The Bertz CT molecular complexity index is 560. The first-order valence-corrected chi connectivity index (χ1v) is 9.09. The summed E-state index contributed by atoms with van der Waals surface area (Å²) in [5.41, 5.74) is 6.26. The quantitative estimate of drug-likeness (QED) is 0.789. The van der Waals surface area contributed by atoms with E-state index in [1.807, 2.05) is 12.1 Å². The predicted molar refractivity (Wildman–Crippen MR) is 84.7 cm³/mol. The molecule has 1 aromatic carbocycles. The van der Waals surface area contributed by atoms with E-state index < -0.39 is 10.0 Å². The van der Waals surface area contributed by atoms with Gasteiger partial charge in [-0.3, -0.25) is 0 Å². The molecule has 0 heterocycles. The van der Waals surface area contributed by atoms with Crippen LogP contribution in [-0.4, -0.2) is 26.8 Å². The van der Waals surface area contributed by atoms with Gasteiger partial charge in [-0.05, 0) is 30.9 Å². The van der Waals surface area contributed by atoms with Gasteiger partial charge in [0, 0.05) is 6.04 Å². The maximum atomic E-state index is 12.1. The second-order valence-corrected chi connectivity index (χ2v) is 7.67. The Labute approximate surface area is 126 Å². The van der Waals surface area contributed by atoms with Gasteiger partial charge < -0.3 is 10.5 Å². The zero-order chi connectivity index (χ0) is 15.3. The van der Waals surface area contributed by atoms with Crippen molar-refractivity contribution < 1.29 is 13.2 Å². The molecule has 1 aliphatic carbocycles.